The largest absolute Gasteiger partial charge is 0.0955 e. The molecule has 1 aliphatic carbocycles. The van der Waals surface area contributed by atoms with Crippen LogP contribution >= 0.6 is 0 Å². The minimum Gasteiger partial charge on any atom is -0.0955 e. The number of hydrogen-bond acceptors (Lipinski definition) is 0. The van der Waals surface area contributed by atoms with Gasteiger partial charge in [0.25, 0.3) is 0 Å². The molecule has 15 heavy (non-hydrogen) atoms. The second kappa shape index (κ2) is 4.31. The highest BCUT2D eigenvalue weighted by atomic mass is 14.1. The van der Waals surface area contributed by atoms with Crippen LogP contribution in [0.25, 0.3) is 5.57 Å². The van der Waals surface area contributed by atoms with Crippen LogP contribution < -0.4 is 0 Å². The Balaban J connectivity index is 2.36. The van der Waals surface area contributed by atoms with Crippen LogP contribution in [0.1, 0.15) is 24.5 Å². The van der Waals surface area contributed by atoms with Crippen molar-refractivity contribution in [2.45, 2.75) is 19.8 Å². The number of benzene rings is 1. The predicted octanol–water partition coefficient (Wildman–Crippen LogP) is 4.15. The molecule has 0 bridgehead atoms. The molecule has 0 saturated heterocycles. The standard InChI is InChI=1S/C15H16/c1-3-13-7-5-9-15(11-13)14-8-4-6-12(2)10-14/h4-5,7-11H,2-3,6H2,1H3. The molecule has 0 radical (unpaired) electrons. The Labute approximate surface area is 91.6 Å². The first kappa shape index (κ1) is 9.97. The molecule has 0 N–H and O–H groups in total. The second-order valence-electron chi connectivity index (χ2n) is 3.92. The summed E-state index contributed by atoms with van der Waals surface area (Å²) in [6.07, 6.45) is 8.61. The lowest BCUT2D eigenvalue weighted by atomic mass is 9.96. The average molecular weight is 196 g/mol. The first-order chi connectivity index (χ1) is 7.29. The maximum absolute atomic E-state index is 4.00. The smallest absolute Gasteiger partial charge is 0.00998 e. The van der Waals surface area contributed by atoms with Crippen LogP contribution in [0.5, 0.6) is 0 Å². The quantitative estimate of drug-likeness (QED) is 0.666. The van der Waals surface area contributed by atoms with E-state index in [1.807, 2.05) is 0 Å². The summed E-state index contributed by atoms with van der Waals surface area (Å²) in [6, 6.07) is 8.72. The van der Waals surface area contributed by atoms with Crippen molar-refractivity contribution in [2.24, 2.45) is 0 Å². The summed E-state index contributed by atoms with van der Waals surface area (Å²) in [6.45, 7) is 6.19. The highest BCUT2D eigenvalue weighted by Crippen LogP contribution is 2.24. The molecule has 0 fully saturated rings. The third-order valence-corrected chi connectivity index (χ3v) is 2.71. The van der Waals surface area contributed by atoms with E-state index in [0.29, 0.717) is 0 Å². The summed E-state index contributed by atoms with van der Waals surface area (Å²) in [5.74, 6) is 0. The van der Waals surface area contributed by atoms with Gasteiger partial charge in [-0.05, 0) is 29.5 Å². The highest BCUT2D eigenvalue weighted by Gasteiger charge is 2.03. The van der Waals surface area contributed by atoms with Crippen molar-refractivity contribution in [3.8, 4) is 0 Å². The van der Waals surface area contributed by atoms with Gasteiger partial charge in [0.1, 0.15) is 0 Å². The lowest BCUT2D eigenvalue weighted by Gasteiger charge is -2.09. The number of hydrogen-bond donors (Lipinski definition) is 0. The van der Waals surface area contributed by atoms with Crippen LogP contribution in [-0.4, -0.2) is 0 Å². The summed E-state index contributed by atoms with van der Waals surface area (Å²) in [7, 11) is 0. The van der Waals surface area contributed by atoms with Crippen LogP contribution in [0.3, 0.4) is 0 Å². The van der Waals surface area contributed by atoms with Crippen molar-refractivity contribution in [3.63, 3.8) is 0 Å². The predicted molar refractivity (Wildman–Crippen MR) is 66.7 cm³/mol. The molecule has 0 amide bonds. The lowest BCUT2D eigenvalue weighted by Crippen LogP contribution is -1.89. The Morgan fingerprint density at radius 3 is 2.93 bits per heavy atom. The molecular weight excluding hydrogens is 180 g/mol. The van der Waals surface area contributed by atoms with E-state index >= 15 is 0 Å². The van der Waals surface area contributed by atoms with E-state index in [-0.39, 0.29) is 0 Å². The van der Waals surface area contributed by atoms with Crippen molar-refractivity contribution in [1.82, 2.24) is 0 Å². The molecule has 0 saturated carbocycles. The van der Waals surface area contributed by atoms with E-state index in [1.165, 1.54) is 22.3 Å². The minimum absolute atomic E-state index is 0.983. The van der Waals surface area contributed by atoms with Gasteiger partial charge in [0.2, 0.25) is 0 Å². The van der Waals surface area contributed by atoms with Crippen LogP contribution in [-0.2, 0) is 6.42 Å². The van der Waals surface area contributed by atoms with Crippen LogP contribution in [0.15, 0.2) is 54.6 Å². The van der Waals surface area contributed by atoms with Gasteiger partial charge >= 0.3 is 0 Å². The van der Waals surface area contributed by atoms with E-state index in [0.717, 1.165) is 12.8 Å². The molecule has 0 heterocycles. The fourth-order valence-electron chi connectivity index (χ4n) is 1.81. The fourth-order valence-corrected chi connectivity index (χ4v) is 1.81. The zero-order chi connectivity index (χ0) is 10.7. The number of aryl methyl sites for hydroxylation is 1. The summed E-state index contributed by atoms with van der Waals surface area (Å²) >= 11 is 0. The monoisotopic (exact) mass is 196 g/mol. The zero-order valence-corrected chi connectivity index (χ0v) is 9.16. The molecule has 0 aliphatic heterocycles. The van der Waals surface area contributed by atoms with E-state index in [4.69, 9.17) is 0 Å². The normalized spacial score (nSPS) is 15.3. The SMILES string of the molecule is C=C1C=C(c2cccc(CC)c2)C=CC1. The van der Waals surface area contributed by atoms with Crippen LogP contribution in [0.2, 0.25) is 0 Å². The third-order valence-electron chi connectivity index (χ3n) is 2.71. The van der Waals surface area contributed by atoms with Gasteiger partial charge in [-0.15, -0.1) is 0 Å². The van der Waals surface area contributed by atoms with Crippen molar-refractivity contribution in [2.75, 3.05) is 0 Å². The summed E-state index contributed by atoms with van der Waals surface area (Å²) in [5, 5.41) is 0. The Morgan fingerprint density at radius 2 is 2.20 bits per heavy atom. The molecular formula is C15H16. The van der Waals surface area contributed by atoms with Gasteiger partial charge < -0.3 is 0 Å². The molecule has 0 spiro atoms. The van der Waals surface area contributed by atoms with Crippen molar-refractivity contribution in [3.05, 3.63) is 65.8 Å². The minimum atomic E-state index is 0.983. The molecule has 0 atom stereocenters. The second-order valence-corrected chi connectivity index (χ2v) is 3.92. The molecule has 0 nitrogen and oxygen atoms in total. The van der Waals surface area contributed by atoms with Crippen molar-refractivity contribution in [1.29, 1.82) is 0 Å². The molecule has 1 aromatic carbocycles. The van der Waals surface area contributed by atoms with E-state index in [9.17, 15) is 0 Å². The average Bonchev–Trinajstić information content (AvgIpc) is 2.29. The van der Waals surface area contributed by atoms with Gasteiger partial charge in [0.05, 0.1) is 0 Å². The van der Waals surface area contributed by atoms with Crippen LogP contribution in [0, 0.1) is 0 Å². The summed E-state index contributed by atoms with van der Waals surface area (Å²) in [4.78, 5) is 0. The van der Waals surface area contributed by atoms with Gasteiger partial charge in [-0.1, -0.05) is 61.6 Å². The van der Waals surface area contributed by atoms with Gasteiger partial charge in [-0.3, -0.25) is 0 Å². The lowest BCUT2D eigenvalue weighted by molar-refractivity contribution is 1.14. The maximum atomic E-state index is 4.00. The van der Waals surface area contributed by atoms with Crippen molar-refractivity contribution < 1.29 is 0 Å². The summed E-state index contributed by atoms with van der Waals surface area (Å²) in [5.41, 5.74) is 5.15. The van der Waals surface area contributed by atoms with Crippen LogP contribution in [0.4, 0.5) is 0 Å². The fraction of sp³-hybridized carbons (Fsp3) is 0.200. The van der Waals surface area contributed by atoms with Gasteiger partial charge in [-0.2, -0.15) is 0 Å². The molecule has 2 rings (SSSR count). The molecule has 76 valence electrons. The van der Waals surface area contributed by atoms with E-state index in [2.05, 4.69) is 56.0 Å². The molecule has 1 aromatic rings. The van der Waals surface area contributed by atoms with Gasteiger partial charge in [-0.25, -0.2) is 0 Å². The first-order valence-corrected chi connectivity index (χ1v) is 5.45. The first-order valence-electron chi connectivity index (χ1n) is 5.45. The van der Waals surface area contributed by atoms with Crippen molar-refractivity contribution >= 4 is 5.57 Å². The Kier molecular flexibility index (Phi) is 2.86. The summed E-state index contributed by atoms with van der Waals surface area (Å²) < 4.78 is 0. The Bertz CT molecular complexity index is 433. The third kappa shape index (κ3) is 2.27. The highest BCUT2D eigenvalue weighted by molar-refractivity contribution is 5.77. The maximum Gasteiger partial charge on any atom is -0.00998 e. The zero-order valence-electron chi connectivity index (χ0n) is 9.16. The number of rotatable bonds is 2. The Morgan fingerprint density at radius 1 is 1.33 bits per heavy atom. The Hall–Kier alpha value is -1.56. The molecule has 0 heteroatoms. The van der Waals surface area contributed by atoms with E-state index < -0.39 is 0 Å². The molecule has 0 unspecified atom stereocenters. The molecule has 0 aromatic heterocycles. The van der Waals surface area contributed by atoms with Gasteiger partial charge in [0, 0.05) is 0 Å². The topological polar surface area (TPSA) is 0 Å². The van der Waals surface area contributed by atoms with Gasteiger partial charge in [0.15, 0.2) is 0 Å². The molecule has 1 aliphatic rings. The van der Waals surface area contributed by atoms with E-state index in [1.54, 1.807) is 0 Å². The number of allylic oxidation sites excluding steroid dienone is 5.